The lowest BCUT2D eigenvalue weighted by molar-refractivity contribution is -0.131. The van der Waals surface area contributed by atoms with Crippen LogP contribution in [0.5, 0.6) is 0 Å². The van der Waals surface area contributed by atoms with Gasteiger partial charge in [0.15, 0.2) is 0 Å². The minimum atomic E-state index is -0.617. The van der Waals surface area contributed by atoms with Gasteiger partial charge in [-0.1, -0.05) is 18.9 Å². The molecule has 2 atom stereocenters. The Morgan fingerprint density at radius 2 is 1.94 bits per heavy atom. The van der Waals surface area contributed by atoms with E-state index in [2.05, 4.69) is 19.8 Å². The molecule has 0 radical (unpaired) electrons. The van der Waals surface area contributed by atoms with Crippen molar-refractivity contribution >= 4 is 29.4 Å². The number of anilines is 1. The second kappa shape index (κ2) is 10.3. The molecule has 2 aliphatic rings. The molecule has 1 aliphatic carbocycles. The largest absolute Gasteiger partial charge is 0.353 e. The number of hydrogen-bond acceptors (Lipinski definition) is 6. The summed E-state index contributed by atoms with van der Waals surface area (Å²) in [5, 5.41) is 5.73. The summed E-state index contributed by atoms with van der Waals surface area (Å²) in [4.78, 5) is 27.4. The van der Waals surface area contributed by atoms with Crippen LogP contribution in [0, 0.1) is 11.7 Å². The quantitative estimate of drug-likeness (QED) is 0.500. The molecule has 1 heterocycles. The van der Waals surface area contributed by atoms with Crippen LogP contribution in [0.4, 0.5) is 10.1 Å². The van der Waals surface area contributed by atoms with Gasteiger partial charge in [-0.25, -0.2) is 8.70 Å². The number of halogens is 1. The van der Waals surface area contributed by atoms with E-state index >= 15 is 0 Å². The topological polar surface area (TPSA) is 90.7 Å². The summed E-state index contributed by atoms with van der Waals surface area (Å²) >= 11 is 1.81. The van der Waals surface area contributed by atoms with E-state index in [1.807, 2.05) is 25.8 Å². The summed E-state index contributed by atoms with van der Waals surface area (Å²) in [5.74, 6) is -0.109. The van der Waals surface area contributed by atoms with E-state index in [1.54, 1.807) is 6.92 Å². The van der Waals surface area contributed by atoms with Gasteiger partial charge in [0.2, 0.25) is 11.8 Å². The highest BCUT2D eigenvalue weighted by molar-refractivity contribution is 7.97. The van der Waals surface area contributed by atoms with Crippen LogP contribution < -0.4 is 16.4 Å². The van der Waals surface area contributed by atoms with Gasteiger partial charge < -0.3 is 16.4 Å². The minimum absolute atomic E-state index is 0.0492. The summed E-state index contributed by atoms with van der Waals surface area (Å²) in [6, 6.07) is 6.02. The van der Waals surface area contributed by atoms with E-state index in [4.69, 9.17) is 5.73 Å². The van der Waals surface area contributed by atoms with E-state index in [1.165, 1.54) is 37.1 Å². The lowest BCUT2D eigenvalue weighted by Crippen LogP contribution is -2.59. The Kier molecular flexibility index (Phi) is 7.96. The molecule has 1 aromatic carbocycles. The fourth-order valence-corrected chi connectivity index (χ4v) is 4.98. The van der Waals surface area contributed by atoms with Crippen molar-refractivity contribution in [3.63, 3.8) is 0 Å². The Hall–Kier alpha value is -1.68. The van der Waals surface area contributed by atoms with Gasteiger partial charge in [0.1, 0.15) is 5.82 Å². The first-order valence-corrected chi connectivity index (χ1v) is 11.9. The highest BCUT2D eigenvalue weighted by Gasteiger charge is 2.39. The van der Waals surface area contributed by atoms with Crippen LogP contribution in [0.3, 0.4) is 0 Å². The van der Waals surface area contributed by atoms with E-state index in [9.17, 15) is 14.0 Å². The van der Waals surface area contributed by atoms with Crippen LogP contribution in [0.25, 0.3) is 0 Å². The van der Waals surface area contributed by atoms with E-state index in [0.717, 1.165) is 25.0 Å². The van der Waals surface area contributed by atoms with Gasteiger partial charge in [-0.05, 0) is 57.4 Å². The predicted molar refractivity (Wildman–Crippen MR) is 123 cm³/mol. The SMILES string of the molecule is CC(CC(N)CNC(=O)C(C)(C)N1CCN(C2CC2)SC1)C(=O)Nc1ccc(F)cc1. The zero-order valence-electron chi connectivity index (χ0n) is 18.6. The minimum Gasteiger partial charge on any atom is -0.353 e. The average molecular weight is 452 g/mol. The molecule has 1 saturated heterocycles. The monoisotopic (exact) mass is 451 g/mol. The van der Waals surface area contributed by atoms with Crippen LogP contribution in [-0.2, 0) is 9.59 Å². The van der Waals surface area contributed by atoms with Crippen LogP contribution in [-0.4, -0.2) is 64.2 Å². The molecule has 1 aliphatic heterocycles. The predicted octanol–water partition coefficient (Wildman–Crippen LogP) is 2.40. The van der Waals surface area contributed by atoms with Crippen LogP contribution in [0.1, 0.15) is 40.0 Å². The molecule has 0 aromatic heterocycles. The fraction of sp³-hybridized carbons (Fsp3) is 0.636. The summed E-state index contributed by atoms with van der Waals surface area (Å²) < 4.78 is 15.4. The highest BCUT2D eigenvalue weighted by atomic mass is 32.2. The molecule has 7 nitrogen and oxygen atoms in total. The summed E-state index contributed by atoms with van der Waals surface area (Å²) in [5.41, 5.74) is 6.11. The molecular weight excluding hydrogens is 417 g/mol. The molecule has 4 N–H and O–H groups in total. The number of benzene rings is 1. The Morgan fingerprint density at radius 1 is 1.26 bits per heavy atom. The number of amides is 2. The highest BCUT2D eigenvalue weighted by Crippen LogP contribution is 2.35. The molecule has 0 bridgehead atoms. The lowest BCUT2D eigenvalue weighted by Gasteiger charge is -2.42. The average Bonchev–Trinajstić information content (AvgIpc) is 3.59. The number of carbonyl (C=O) groups excluding carboxylic acids is 2. The normalized spacial score (nSPS) is 20.2. The zero-order chi connectivity index (χ0) is 22.6. The first-order chi connectivity index (χ1) is 14.7. The van der Waals surface area contributed by atoms with Gasteiger partial charge in [-0.15, -0.1) is 0 Å². The molecule has 2 unspecified atom stereocenters. The van der Waals surface area contributed by atoms with Gasteiger partial charge in [0.05, 0.1) is 11.4 Å². The number of hydrogen-bond donors (Lipinski definition) is 3. The number of nitrogens with zero attached hydrogens (tertiary/aromatic N) is 2. The first kappa shape index (κ1) is 24.0. The Bertz CT molecular complexity index is 764. The molecule has 2 amide bonds. The zero-order valence-corrected chi connectivity index (χ0v) is 19.4. The summed E-state index contributed by atoms with van der Waals surface area (Å²) in [6.07, 6.45) is 3.01. The molecule has 172 valence electrons. The van der Waals surface area contributed by atoms with Crippen molar-refractivity contribution in [2.75, 3.05) is 30.8 Å². The maximum atomic E-state index is 13.0. The van der Waals surface area contributed by atoms with Crippen molar-refractivity contribution in [2.45, 2.75) is 57.7 Å². The number of carbonyl (C=O) groups is 2. The maximum absolute atomic E-state index is 13.0. The van der Waals surface area contributed by atoms with Gasteiger partial charge >= 0.3 is 0 Å². The second-order valence-electron chi connectivity index (χ2n) is 9.06. The Labute approximate surface area is 188 Å². The van der Waals surface area contributed by atoms with Crippen molar-refractivity contribution in [2.24, 2.45) is 11.7 Å². The summed E-state index contributed by atoms with van der Waals surface area (Å²) in [6.45, 7) is 7.84. The van der Waals surface area contributed by atoms with Crippen molar-refractivity contribution in [1.29, 1.82) is 0 Å². The molecule has 9 heteroatoms. The van der Waals surface area contributed by atoms with Crippen molar-refractivity contribution in [3.05, 3.63) is 30.1 Å². The number of nitrogens with two attached hydrogens (primary N) is 1. The van der Waals surface area contributed by atoms with E-state index < -0.39 is 5.54 Å². The van der Waals surface area contributed by atoms with Crippen LogP contribution >= 0.6 is 11.9 Å². The van der Waals surface area contributed by atoms with Crippen molar-refractivity contribution < 1.29 is 14.0 Å². The third kappa shape index (κ3) is 6.65. The standard InChI is InChI=1S/C22H34FN5O2S/c1-15(20(29)26-18-6-4-16(23)5-7-18)12-17(24)13-25-21(30)22(2,3)27-10-11-28(31-14-27)19-8-9-19/h4-7,15,17,19H,8-14,24H2,1-3H3,(H,25,30)(H,26,29). The Balaban J connectivity index is 1.40. The number of rotatable bonds is 9. The fourth-order valence-electron chi connectivity index (χ4n) is 3.61. The number of nitrogens with one attached hydrogen (secondary N) is 2. The molecular formula is C22H34FN5O2S. The van der Waals surface area contributed by atoms with Crippen molar-refractivity contribution in [1.82, 2.24) is 14.5 Å². The third-order valence-electron chi connectivity index (χ3n) is 6.01. The molecule has 1 aromatic rings. The smallest absolute Gasteiger partial charge is 0.240 e. The molecule has 1 saturated carbocycles. The lowest BCUT2D eigenvalue weighted by atomic mass is 9.99. The molecule has 0 spiro atoms. The first-order valence-electron chi connectivity index (χ1n) is 10.9. The molecule has 3 rings (SSSR count). The maximum Gasteiger partial charge on any atom is 0.240 e. The van der Waals surface area contributed by atoms with Crippen LogP contribution in [0.15, 0.2) is 24.3 Å². The van der Waals surface area contributed by atoms with E-state index in [-0.39, 0.29) is 29.6 Å². The van der Waals surface area contributed by atoms with Crippen LogP contribution in [0.2, 0.25) is 0 Å². The third-order valence-corrected chi connectivity index (χ3v) is 7.25. The Morgan fingerprint density at radius 3 is 2.52 bits per heavy atom. The van der Waals surface area contributed by atoms with Crippen molar-refractivity contribution in [3.8, 4) is 0 Å². The van der Waals surface area contributed by atoms with E-state index in [0.29, 0.717) is 18.7 Å². The molecule has 2 fully saturated rings. The van der Waals surface area contributed by atoms with Gasteiger partial charge in [-0.3, -0.25) is 14.5 Å². The van der Waals surface area contributed by atoms with Gasteiger partial charge in [0.25, 0.3) is 0 Å². The second-order valence-corrected chi connectivity index (χ2v) is 10.0. The molecule has 31 heavy (non-hydrogen) atoms. The summed E-state index contributed by atoms with van der Waals surface area (Å²) in [7, 11) is 0. The van der Waals surface area contributed by atoms with Gasteiger partial charge in [-0.2, -0.15) is 0 Å². The van der Waals surface area contributed by atoms with Gasteiger partial charge in [0, 0.05) is 43.3 Å².